The zero-order valence-corrected chi connectivity index (χ0v) is 24.3. The predicted molar refractivity (Wildman–Crippen MR) is 154 cm³/mol. The lowest BCUT2D eigenvalue weighted by molar-refractivity contribution is 0.113. The van der Waals surface area contributed by atoms with Gasteiger partial charge in [-0.2, -0.15) is 22.3 Å². The molecule has 5 nitrogen and oxygen atoms in total. The van der Waals surface area contributed by atoms with Crippen LogP contribution in [0, 0.1) is 34.5 Å². The summed E-state index contributed by atoms with van der Waals surface area (Å²) in [5, 5.41) is 20.8. The second kappa shape index (κ2) is 11.7. The maximum Gasteiger partial charge on any atom is 0.0867 e. The van der Waals surface area contributed by atoms with Gasteiger partial charge in [-0.15, -0.1) is 0 Å². The van der Waals surface area contributed by atoms with Gasteiger partial charge in [-0.05, 0) is 86.3 Å². The van der Waals surface area contributed by atoms with Crippen LogP contribution < -0.4 is 0 Å². The molecule has 4 heterocycles. The molecule has 0 aromatic carbocycles. The van der Waals surface area contributed by atoms with Crippen LogP contribution in [0.4, 0.5) is 0 Å². The third kappa shape index (κ3) is 5.57. The van der Waals surface area contributed by atoms with E-state index in [1.165, 1.54) is 37.9 Å². The van der Waals surface area contributed by atoms with Crippen LogP contribution in [0.15, 0.2) is 36.9 Å². The normalized spacial score (nSPS) is 33.6. The van der Waals surface area contributed by atoms with Crippen molar-refractivity contribution in [3.63, 3.8) is 0 Å². The third-order valence-electron chi connectivity index (χ3n) is 9.36. The Balaban J connectivity index is 0.000000158. The molecule has 2 aromatic rings. The highest BCUT2D eigenvalue weighted by molar-refractivity contribution is 7.98. The van der Waals surface area contributed by atoms with E-state index in [1.54, 1.807) is 12.4 Å². The number of halogens is 2. The standard InChI is InChI=1S/C16H20ClN3S.C14H15ClN2/c1-21-5-4-20-14-2-3-15(20)8-16(7-14,11-18)12-6-13(17)10-19-9-12;15-13-4-12(7-17-8-13)14(9-16)5-10-1-2-11(3-10)6-14/h6,9-10,14-15H,2-5,7-8H2,1H3;4,7-8,10-11H,1-3,5-6H2/t14-,15+,16?;10-,11+,14?. The van der Waals surface area contributed by atoms with Crippen molar-refractivity contribution in [1.82, 2.24) is 14.9 Å². The molecular weight excluding hydrogens is 533 g/mol. The van der Waals surface area contributed by atoms with Gasteiger partial charge in [0.05, 0.1) is 33.0 Å². The molecule has 0 amide bonds. The van der Waals surface area contributed by atoms with Crippen LogP contribution in [0.2, 0.25) is 10.0 Å². The van der Waals surface area contributed by atoms with Crippen LogP contribution in [-0.2, 0) is 10.8 Å². The fraction of sp³-hybridized carbons (Fsp3) is 0.600. The fourth-order valence-corrected chi connectivity index (χ4v) is 8.39. The van der Waals surface area contributed by atoms with E-state index in [2.05, 4.69) is 33.3 Å². The van der Waals surface area contributed by atoms with Crippen molar-refractivity contribution >= 4 is 35.0 Å². The van der Waals surface area contributed by atoms with E-state index in [9.17, 15) is 10.5 Å². The van der Waals surface area contributed by atoms with Crippen molar-refractivity contribution in [3.05, 3.63) is 58.1 Å². The number of nitriles is 2. The number of rotatable bonds is 5. The number of fused-ring (bicyclic) bond motifs is 4. The van der Waals surface area contributed by atoms with Crippen LogP contribution in [0.3, 0.4) is 0 Å². The first kappa shape index (κ1) is 27.7. The highest BCUT2D eigenvalue weighted by Crippen LogP contribution is 2.51. The summed E-state index contributed by atoms with van der Waals surface area (Å²) in [5.74, 6) is 2.63. The number of piperidine rings is 1. The van der Waals surface area contributed by atoms with Gasteiger partial charge >= 0.3 is 0 Å². The first-order valence-corrected chi connectivity index (χ1v) is 15.8. The summed E-state index contributed by atoms with van der Waals surface area (Å²) in [5.41, 5.74) is 1.28. The SMILES string of the molecule is CSCCN1[C@@H]2CC[C@H]1CC(C#N)(c1cncc(Cl)c1)C2.N#CC1(c2cncc(Cl)c2)C[C@@H]2CC[C@@H](C2)C1. The molecule has 4 aliphatic rings. The smallest absolute Gasteiger partial charge is 0.0867 e. The zero-order valence-electron chi connectivity index (χ0n) is 22.0. The molecule has 6 rings (SSSR count). The summed E-state index contributed by atoms with van der Waals surface area (Å²) in [6.07, 6.45) is 19.2. The van der Waals surface area contributed by atoms with Gasteiger partial charge in [0, 0.05) is 49.2 Å². The molecule has 38 heavy (non-hydrogen) atoms. The molecule has 0 radical (unpaired) electrons. The number of hydrogen-bond acceptors (Lipinski definition) is 6. The third-order valence-corrected chi connectivity index (χ3v) is 10.4. The molecule has 2 saturated carbocycles. The number of nitrogens with zero attached hydrogens (tertiary/aromatic N) is 5. The molecule has 4 fully saturated rings. The van der Waals surface area contributed by atoms with Gasteiger partial charge in [0.1, 0.15) is 0 Å². The summed E-state index contributed by atoms with van der Waals surface area (Å²) in [7, 11) is 0. The van der Waals surface area contributed by atoms with E-state index in [0.717, 1.165) is 55.2 Å². The molecule has 200 valence electrons. The van der Waals surface area contributed by atoms with Crippen molar-refractivity contribution in [2.75, 3.05) is 18.6 Å². The maximum absolute atomic E-state index is 9.87. The number of aromatic nitrogens is 2. The Morgan fingerprint density at radius 3 is 1.79 bits per heavy atom. The van der Waals surface area contributed by atoms with Gasteiger partial charge in [-0.1, -0.05) is 36.0 Å². The largest absolute Gasteiger partial charge is 0.296 e. The molecule has 0 spiro atoms. The van der Waals surface area contributed by atoms with E-state index in [-0.39, 0.29) is 5.41 Å². The van der Waals surface area contributed by atoms with Gasteiger partial charge in [0.15, 0.2) is 0 Å². The molecule has 2 saturated heterocycles. The van der Waals surface area contributed by atoms with Crippen molar-refractivity contribution in [2.45, 2.75) is 80.7 Å². The minimum Gasteiger partial charge on any atom is -0.296 e. The number of hydrogen-bond donors (Lipinski definition) is 0. The molecule has 0 N–H and O–H groups in total. The number of thioether (sulfide) groups is 1. The molecule has 4 bridgehead atoms. The molecule has 2 aliphatic carbocycles. The second-order valence-electron chi connectivity index (χ2n) is 11.6. The summed E-state index contributed by atoms with van der Waals surface area (Å²) in [6, 6.07) is 10.1. The van der Waals surface area contributed by atoms with Gasteiger partial charge in [-0.25, -0.2) is 0 Å². The summed E-state index contributed by atoms with van der Waals surface area (Å²) in [6.45, 7) is 1.14. The highest BCUT2D eigenvalue weighted by atomic mass is 35.5. The molecule has 2 aliphatic heterocycles. The zero-order chi connectivity index (χ0) is 26.8. The Bertz CT molecular complexity index is 1200. The highest BCUT2D eigenvalue weighted by Gasteiger charge is 2.49. The van der Waals surface area contributed by atoms with E-state index >= 15 is 0 Å². The van der Waals surface area contributed by atoms with E-state index in [4.69, 9.17) is 23.2 Å². The Morgan fingerprint density at radius 2 is 1.34 bits per heavy atom. The lowest BCUT2D eigenvalue weighted by Crippen LogP contribution is -2.49. The Kier molecular flexibility index (Phi) is 8.56. The van der Waals surface area contributed by atoms with E-state index in [1.807, 2.05) is 36.3 Å². The van der Waals surface area contributed by atoms with Gasteiger partial charge in [0.25, 0.3) is 0 Å². The molecular formula is C30H35Cl2N5S. The lowest BCUT2D eigenvalue weighted by atomic mass is 9.66. The van der Waals surface area contributed by atoms with Crippen molar-refractivity contribution in [2.24, 2.45) is 11.8 Å². The van der Waals surface area contributed by atoms with E-state index in [0.29, 0.717) is 22.1 Å². The average molecular weight is 569 g/mol. The monoisotopic (exact) mass is 567 g/mol. The molecule has 2 unspecified atom stereocenters. The van der Waals surface area contributed by atoms with Crippen LogP contribution in [0.5, 0.6) is 0 Å². The maximum atomic E-state index is 9.87. The first-order valence-electron chi connectivity index (χ1n) is 13.7. The summed E-state index contributed by atoms with van der Waals surface area (Å²) in [4.78, 5) is 11.0. The van der Waals surface area contributed by atoms with E-state index < -0.39 is 5.41 Å². The molecule has 8 heteroatoms. The summed E-state index contributed by atoms with van der Waals surface area (Å²) < 4.78 is 0. The Morgan fingerprint density at radius 1 is 0.842 bits per heavy atom. The van der Waals surface area contributed by atoms with Crippen molar-refractivity contribution < 1.29 is 0 Å². The van der Waals surface area contributed by atoms with Crippen molar-refractivity contribution in [1.29, 1.82) is 10.5 Å². The molecule has 6 atom stereocenters. The van der Waals surface area contributed by atoms with Crippen LogP contribution in [-0.4, -0.2) is 45.5 Å². The quantitative estimate of drug-likeness (QED) is 0.380. The predicted octanol–water partition coefficient (Wildman–Crippen LogP) is 7.19. The minimum atomic E-state index is -0.403. The topological polar surface area (TPSA) is 76.6 Å². The fourth-order valence-electron chi connectivity index (χ4n) is 7.65. The van der Waals surface area contributed by atoms with Gasteiger partial charge in [-0.3, -0.25) is 14.9 Å². The first-order chi connectivity index (χ1) is 18.4. The Hall–Kier alpha value is -1.83. The van der Waals surface area contributed by atoms with Gasteiger partial charge < -0.3 is 0 Å². The molecule has 2 aromatic heterocycles. The number of pyridine rings is 2. The van der Waals surface area contributed by atoms with Crippen LogP contribution >= 0.6 is 35.0 Å². The minimum absolute atomic E-state index is 0.331. The average Bonchev–Trinajstić information content (AvgIpc) is 3.40. The van der Waals surface area contributed by atoms with Gasteiger partial charge in [0.2, 0.25) is 0 Å². The second-order valence-corrected chi connectivity index (χ2v) is 13.5. The van der Waals surface area contributed by atoms with Crippen molar-refractivity contribution in [3.8, 4) is 12.1 Å². The Labute approximate surface area is 240 Å². The van der Waals surface area contributed by atoms with Crippen LogP contribution in [0.25, 0.3) is 0 Å². The lowest BCUT2D eigenvalue weighted by Gasteiger charge is -2.43. The van der Waals surface area contributed by atoms with Crippen LogP contribution in [0.1, 0.15) is 68.9 Å². The summed E-state index contributed by atoms with van der Waals surface area (Å²) >= 11 is 14.0.